The number of H-pyrrole nitrogens is 2. The zero-order valence-electron chi connectivity index (χ0n) is 15.7. The van der Waals surface area contributed by atoms with Gasteiger partial charge in [-0.1, -0.05) is 23.2 Å². The molecule has 10 nitrogen and oxygen atoms in total. The van der Waals surface area contributed by atoms with Crippen molar-refractivity contribution in [1.29, 1.82) is 0 Å². The highest BCUT2D eigenvalue weighted by atomic mass is 35.5. The topological polar surface area (TPSA) is 136 Å². The van der Waals surface area contributed by atoms with Crippen LogP contribution in [0.15, 0.2) is 57.2 Å². The van der Waals surface area contributed by atoms with Crippen LogP contribution in [0.5, 0.6) is 11.6 Å². The lowest BCUT2D eigenvalue weighted by atomic mass is 10.1. The lowest BCUT2D eigenvalue weighted by molar-refractivity contribution is 0.456. The van der Waals surface area contributed by atoms with Gasteiger partial charge in [0.25, 0.3) is 11.1 Å². The van der Waals surface area contributed by atoms with Crippen molar-refractivity contribution in [2.75, 3.05) is 0 Å². The number of nitrogens with zero attached hydrogens (tertiary/aromatic N) is 4. The summed E-state index contributed by atoms with van der Waals surface area (Å²) < 4.78 is 6.74. The van der Waals surface area contributed by atoms with Gasteiger partial charge < -0.3 is 4.74 Å². The van der Waals surface area contributed by atoms with E-state index in [4.69, 9.17) is 27.9 Å². The fourth-order valence-electron chi connectivity index (χ4n) is 2.78. The fourth-order valence-corrected chi connectivity index (χ4v) is 3.33. The van der Waals surface area contributed by atoms with E-state index in [0.717, 1.165) is 16.4 Å². The Morgan fingerprint density at radius 2 is 1.71 bits per heavy atom. The minimum atomic E-state index is -0.759. The number of hydrogen-bond donors (Lipinski definition) is 2. The van der Waals surface area contributed by atoms with Crippen molar-refractivity contribution in [3.05, 3.63) is 89.7 Å². The fraction of sp³-hybridized carbons (Fsp3) is 0.0526. The standard InChI is InChI=1S/C19H12Cl2N6O4/c1-9-2-10(7-22-6-9)12-5-15(28)25-26-18(12)31-17-13(20)3-11(4-14(17)21)27-19(30)24-16(29)8-23-27/h2-8H,1H3,(H,25,28)(H,24,29,30). The normalized spacial score (nSPS) is 10.8. The summed E-state index contributed by atoms with van der Waals surface area (Å²) >= 11 is 12.7. The second-order valence-corrected chi connectivity index (χ2v) is 7.21. The van der Waals surface area contributed by atoms with Gasteiger partial charge in [-0.15, -0.1) is 5.10 Å². The number of benzene rings is 1. The zero-order chi connectivity index (χ0) is 22.1. The zero-order valence-corrected chi connectivity index (χ0v) is 17.2. The summed E-state index contributed by atoms with van der Waals surface area (Å²) in [6.07, 6.45) is 4.18. The summed E-state index contributed by atoms with van der Waals surface area (Å²) in [5.74, 6) is 0.0915. The number of hydrogen-bond acceptors (Lipinski definition) is 7. The highest BCUT2D eigenvalue weighted by Crippen LogP contribution is 2.39. The molecule has 0 unspecified atom stereocenters. The van der Waals surface area contributed by atoms with Crippen molar-refractivity contribution >= 4 is 23.2 Å². The van der Waals surface area contributed by atoms with Crippen LogP contribution in [-0.2, 0) is 0 Å². The number of aromatic nitrogens is 6. The highest BCUT2D eigenvalue weighted by molar-refractivity contribution is 6.37. The van der Waals surface area contributed by atoms with Crippen LogP contribution >= 0.6 is 23.2 Å². The van der Waals surface area contributed by atoms with Gasteiger partial charge in [0.2, 0.25) is 5.88 Å². The van der Waals surface area contributed by atoms with Crippen LogP contribution in [0.3, 0.4) is 0 Å². The molecule has 12 heteroatoms. The molecule has 0 aliphatic carbocycles. The van der Waals surface area contributed by atoms with Gasteiger partial charge in [-0.25, -0.2) is 9.89 Å². The van der Waals surface area contributed by atoms with Crippen LogP contribution in [0.1, 0.15) is 5.56 Å². The van der Waals surface area contributed by atoms with Gasteiger partial charge in [-0.2, -0.15) is 9.78 Å². The van der Waals surface area contributed by atoms with Gasteiger partial charge in [0, 0.05) is 24.0 Å². The Morgan fingerprint density at radius 1 is 0.968 bits per heavy atom. The first-order valence-electron chi connectivity index (χ1n) is 8.69. The molecule has 31 heavy (non-hydrogen) atoms. The number of pyridine rings is 1. The second kappa shape index (κ2) is 8.17. The predicted molar refractivity (Wildman–Crippen MR) is 113 cm³/mol. The maximum atomic E-state index is 12.0. The van der Waals surface area contributed by atoms with Crippen LogP contribution < -0.4 is 21.5 Å². The third kappa shape index (κ3) is 4.25. The first-order valence-corrected chi connectivity index (χ1v) is 9.45. The molecule has 3 aromatic heterocycles. The maximum Gasteiger partial charge on any atom is 0.349 e. The molecule has 0 atom stereocenters. The second-order valence-electron chi connectivity index (χ2n) is 6.39. The number of halogens is 2. The highest BCUT2D eigenvalue weighted by Gasteiger charge is 2.17. The van der Waals surface area contributed by atoms with E-state index < -0.39 is 16.8 Å². The van der Waals surface area contributed by atoms with E-state index in [1.807, 2.05) is 13.0 Å². The molecular weight excluding hydrogens is 447 g/mol. The van der Waals surface area contributed by atoms with E-state index >= 15 is 0 Å². The van der Waals surface area contributed by atoms with Gasteiger partial charge in [0.05, 0.1) is 21.3 Å². The summed E-state index contributed by atoms with van der Waals surface area (Å²) in [6, 6.07) is 5.90. The van der Waals surface area contributed by atoms with E-state index in [0.29, 0.717) is 11.1 Å². The lowest BCUT2D eigenvalue weighted by Gasteiger charge is -2.13. The Bertz CT molecular complexity index is 1450. The van der Waals surface area contributed by atoms with Crippen molar-refractivity contribution in [3.63, 3.8) is 0 Å². The van der Waals surface area contributed by atoms with E-state index in [2.05, 4.69) is 25.3 Å². The molecule has 0 saturated heterocycles. The number of aryl methyl sites for hydroxylation is 1. The average Bonchev–Trinajstić information content (AvgIpc) is 2.71. The largest absolute Gasteiger partial charge is 0.434 e. The van der Waals surface area contributed by atoms with E-state index in [1.165, 1.54) is 18.2 Å². The van der Waals surface area contributed by atoms with E-state index in [9.17, 15) is 14.4 Å². The van der Waals surface area contributed by atoms with Gasteiger partial charge in [-0.05, 0) is 30.7 Å². The molecule has 0 spiro atoms. The summed E-state index contributed by atoms with van der Waals surface area (Å²) in [4.78, 5) is 41.2. The molecule has 156 valence electrons. The molecule has 0 amide bonds. The van der Waals surface area contributed by atoms with Crippen LogP contribution in [0.25, 0.3) is 16.8 Å². The minimum Gasteiger partial charge on any atom is -0.434 e. The molecule has 4 aromatic rings. The van der Waals surface area contributed by atoms with E-state index in [1.54, 1.807) is 12.4 Å². The average molecular weight is 459 g/mol. The smallest absolute Gasteiger partial charge is 0.349 e. The van der Waals surface area contributed by atoms with Crippen LogP contribution in [0.2, 0.25) is 10.0 Å². The molecule has 0 bridgehead atoms. The molecule has 0 saturated carbocycles. The Balaban J connectivity index is 1.78. The lowest BCUT2D eigenvalue weighted by Crippen LogP contribution is -2.30. The van der Waals surface area contributed by atoms with Gasteiger partial charge in [0.15, 0.2) is 5.75 Å². The maximum absolute atomic E-state index is 12.0. The number of rotatable bonds is 4. The van der Waals surface area contributed by atoms with Crippen LogP contribution in [-0.4, -0.2) is 29.9 Å². The molecule has 0 fully saturated rings. The Hall–Kier alpha value is -3.76. The third-order valence-electron chi connectivity index (χ3n) is 4.10. The Kier molecular flexibility index (Phi) is 5.40. The van der Waals surface area contributed by atoms with Crippen molar-refractivity contribution in [1.82, 2.24) is 29.9 Å². The number of aromatic amines is 2. The molecule has 2 N–H and O–H groups in total. The van der Waals surface area contributed by atoms with Crippen LogP contribution in [0, 0.1) is 6.92 Å². The van der Waals surface area contributed by atoms with Gasteiger partial charge in [0.1, 0.15) is 6.20 Å². The van der Waals surface area contributed by atoms with Gasteiger partial charge >= 0.3 is 5.69 Å². The molecule has 1 aromatic carbocycles. The third-order valence-corrected chi connectivity index (χ3v) is 4.66. The SMILES string of the molecule is Cc1cncc(-c2cc(=O)[nH]nc2Oc2c(Cl)cc(-n3ncc(=O)[nH]c3=O)cc2Cl)c1. The molecule has 0 aliphatic rings. The first-order chi connectivity index (χ1) is 14.8. The van der Waals surface area contributed by atoms with E-state index in [-0.39, 0.29) is 27.4 Å². The molecule has 4 rings (SSSR count). The van der Waals surface area contributed by atoms with Crippen molar-refractivity contribution in [2.45, 2.75) is 6.92 Å². The van der Waals surface area contributed by atoms with Crippen molar-refractivity contribution in [3.8, 4) is 28.4 Å². The van der Waals surface area contributed by atoms with Gasteiger partial charge in [-0.3, -0.25) is 19.6 Å². The summed E-state index contributed by atoms with van der Waals surface area (Å²) in [6.45, 7) is 1.86. The number of nitrogens with one attached hydrogen (secondary N) is 2. The summed E-state index contributed by atoms with van der Waals surface area (Å²) in [5, 5.41) is 10.1. The van der Waals surface area contributed by atoms with Crippen molar-refractivity contribution in [2.24, 2.45) is 0 Å². The summed E-state index contributed by atoms with van der Waals surface area (Å²) in [7, 11) is 0. The predicted octanol–water partition coefficient (Wildman–Crippen LogP) is 2.47. The Morgan fingerprint density at radius 3 is 2.39 bits per heavy atom. The number of ether oxygens (including phenoxy) is 1. The monoisotopic (exact) mass is 458 g/mol. The minimum absolute atomic E-state index is 0.0443. The molecule has 3 heterocycles. The molecule has 0 aliphatic heterocycles. The Labute approximate surface area is 183 Å². The van der Waals surface area contributed by atoms with Crippen molar-refractivity contribution < 1.29 is 4.74 Å². The first kappa shape index (κ1) is 20.5. The summed E-state index contributed by atoms with van der Waals surface area (Å²) in [5.41, 5.74) is 0.255. The molecule has 0 radical (unpaired) electrons. The van der Waals surface area contributed by atoms with Crippen LogP contribution in [0.4, 0.5) is 0 Å². The molecular formula is C19H12Cl2N6O4. The quantitative estimate of drug-likeness (QED) is 0.479.